The van der Waals surface area contributed by atoms with Crippen molar-refractivity contribution in [3.63, 3.8) is 0 Å². The highest BCUT2D eigenvalue weighted by molar-refractivity contribution is 5.80. The first kappa shape index (κ1) is 12.3. The SMILES string of the molecule is CN=C(NCCOCC(C)C)NC1CC1. The lowest BCUT2D eigenvalue weighted by atomic mass is 10.2. The van der Waals surface area contributed by atoms with Crippen LogP contribution in [0.25, 0.3) is 0 Å². The van der Waals surface area contributed by atoms with Crippen LogP contribution in [-0.4, -0.2) is 38.8 Å². The average Bonchev–Trinajstić information content (AvgIpc) is 2.99. The fraction of sp³-hybridized carbons (Fsp3) is 0.909. The zero-order valence-electron chi connectivity index (χ0n) is 10.0. The van der Waals surface area contributed by atoms with Crippen LogP contribution in [0.5, 0.6) is 0 Å². The van der Waals surface area contributed by atoms with E-state index in [1.807, 2.05) is 0 Å². The standard InChI is InChI=1S/C11H23N3O/c1-9(2)8-15-7-6-13-11(12-3)14-10-4-5-10/h9-10H,4-8H2,1-3H3,(H2,12,13,14). The molecule has 2 N–H and O–H groups in total. The second kappa shape index (κ2) is 6.67. The molecule has 0 bridgehead atoms. The molecule has 0 spiro atoms. The van der Waals surface area contributed by atoms with Gasteiger partial charge >= 0.3 is 0 Å². The summed E-state index contributed by atoms with van der Waals surface area (Å²) in [7, 11) is 1.80. The summed E-state index contributed by atoms with van der Waals surface area (Å²) in [6.07, 6.45) is 2.54. The minimum absolute atomic E-state index is 0.605. The van der Waals surface area contributed by atoms with Crippen molar-refractivity contribution in [1.82, 2.24) is 10.6 Å². The molecule has 0 aliphatic heterocycles. The van der Waals surface area contributed by atoms with Crippen LogP contribution in [0.15, 0.2) is 4.99 Å². The van der Waals surface area contributed by atoms with Gasteiger partial charge in [-0.1, -0.05) is 13.8 Å². The number of guanidine groups is 1. The second-order valence-electron chi connectivity index (χ2n) is 4.39. The summed E-state index contributed by atoms with van der Waals surface area (Å²) in [4.78, 5) is 4.14. The van der Waals surface area contributed by atoms with Crippen molar-refractivity contribution in [3.8, 4) is 0 Å². The van der Waals surface area contributed by atoms with Crippen LogP contribution in [0.2, 0.25) is 0 Å². The van der Waals surface area contributed by atoms with Crippen LogP contribution < -0.4 is 10.6 Å². The Balaban J connectivity index is 1.97. The van der Waals surface area contributed by atoms with E-state index in [4.69, 9.17) is 4.74 Å². The van der Waals surface area contributed by atoms with E-state index in [1.165, 1.54) is 12.8 Å². The van der Waals surface area contributed by atoms with Gasteiger partial charge in [0.1, 0.15) is 0 Å². The van der Waals surface area contributed by atoms with Crippen molar-refractivity contribution < 1.29 is 4.74 Å². The predicted octanol–water partition coefficient (Wildman–Crippen LogP) is 0.986. The first-order valence-electron chi connectivity index (χ1n) is 5.77. The Hall–Kier alpha value is -0.770. The van der Waals surface area contributed by atoms with Crippen molar-refractivity contribution in [3.05, 3.63) is 0 Å². The Bertz CT molecular complexity index is 200. The zero-order chi connectivity index (χ0) is 11.1. The molecule has 1 aliphatic carbocycles. The lowest BCUT2D eigenvalue weighted by Gasteiger charge is -2.11. The van der Waals surface area contributed by atoms with Crippen molar-refractivity contribution in [1.29, 1.82) is 0 Å². The Morgan fingerprint density at radius 2 is 2.20 bits per heavy atom. The predicted molar refractivity (Wildman–Crippen MR) is 63.2 cm³/mol. The van der Waals surface area contributed by atoms with Gasteiger partial charge in [0.05, 0.1) is 6.61 Å². The van der Waals surface area contributed by atoms with Gasteiger partial charge in [-0.2, -0.15) is 0 Å². The number of nitrogens with zero attached hydrogens (tertiary/aromatic N) is 1. The summed E-state index contributed by atoms with van der Waals surface area (Å²) in [5.74, 6) is 1.50. The smallest absolute Gasteiger partial charge is 0.191 e. The number of nitrogens with one attached hydrogen (secondary N) is 2. The highest BCUT2D eigenvalue weighted by Crippen LogP contribution is 2.18. The van der Waals surface area contributed by atoms with Gasteiger partial charge in [0, 0.05) is 26.2 Å². The molecule has 0 radical (unpaired) electrons. The van der Waals surface area contributed by atoms with Crippen molar-refractivity contribution in [2.24, 2.45) is 10.9 Å². The van der Waals surface area contributed by atoms with E-state index in [2.05, 4.69) is 29.5 Å². The first-order chi connectivity index (χ1) is 7.22. The van der Waals surface area contributed by atoms with Gasteiger partial charge in [-0.3, -0.25) is 4.99 Å². The van der Waals surface area contributed by atoms with Crippen LogP contribution in [-0.2, 0) is 4.74 Å². The molecule has 88 valence electrons. The number of hydrogen-bond donors (Lipinski definition) is 2. The molecule has 0 aromatic heterocycles. The minimum Gasteiger partial charge on any atom is -0.379 e. The molecule has 1 rings (SSSR count). The van der Waals surface area contributed by atoms with E-state index in [9.17, 15) is 0 Å². The minimum atomic E-state index is 0.605. The van der Waals surface area contributed by atoms with E-state index in [0.29, 0.717) is 12.0 Å². The fourth-order valence-electron chi connectivity index (χ4n) is 1.18. The van der Waals surface area contributed by atoms with Crippen LogP contribution in [0, 0.1) is 5.92 Å². The first-order valence-corrected chi connectivity index (χ1v) is 5.77. The molecule has 4 heteroatoms. The molecule has 1 saturated carbocycles. The van der Waals surface area contributed by atoms with E-state index in [0.717, 1.165) is 25.7 Å². The third-order valence-corrected chi connectivity index (χ3v) is 2.13. The molecule has 0 aromatic rings. The van der Waals surface area contributed by atoms with E-state index in [-0.39, 0.29) is 0 Å². The van der Waals surface area contributed by atoms with Crippen molar-refractivity contribution >= 4 is 5.96 Å². The second-order valence-corrected chi connectivity index (χ2v) is 4.39. The molecule has 4 nitrogen and oxygen atoms in total. The molecular formula is C11H23N3O. The summed E-state index contributed by atoms with van der Waals surface area (Å²) in [6, 6.07) is 0.646. The highest BCUT2D eigenvalue weighted by Gasteiger charge is 2.21. The van der Waals surface area contributed by atoms with Gasteiger partial charge in [0.2, 0.25) is 0 Å². The van der Waals surface area contributed by atoms with Gasteiger partial charge in [-0.15, -0.1) is 0 Å². The Morgan fingerprint density at radius 1 is 1.47 bits per heavy atom. The monoisotopic (exact) mass is 213 g/mol. The summed E-state index contributed by atoms with van der Waals surface area (Å²) in [5.41, 5.74) is 0. The lowest BCUT2D eigenvalue weighted by molar-refractivity contribution is 0.114. The van der Waals surface area contributed by atoms with Crippen LogP contribution >= 0.6 is 0 Å². The Kier molecular flexibility index (Phi) is 5.47. The largest absolute Gasteiger partial charge is 0.379 e. The normalized spacial score (nSPS) is 16.9. The third kappa shape index (κ3) is 6.33. The molecule has 0 aromatic carbocycles. The highest BCUT2D eigenvalue weighted by atomic mass is 16.5. The van der Waals surface area contributed by atoms with E-state index >= 15 is 0 Å². The molecule has 0 amide bonds. The average molecular weight is 213 g/mol. The molecular weight excluding hydrogens is 190 g/mol. The Labute approximate surface area is 92.5 Å². The molecule has 1 aliphatic rings. The molecule has 0 unspecified atom stereocenters. The van der Waals surface area contributed by atoms with E-state index in [1.54, 1.807) is 7.05 Å². The topological polar surface area (TPSA) is 45.7 Å². The zero-order valence-corrected chi connectivity index (χ0v) is 10.0. The van der Waals surface area contributed by atoms with Gasteiger partial charge in [0.15, 0.2) is 5.96 Å². The van der Waals surface area contributed by atoms with Gasteiger partial charge in [-0.25, -0.2) is 0 Å². The summed E-state index contributed by atoms with van der Waals surface area (Å²) in [6.45, 7) is 6.70. The molecule has 1 fully saturated rings. The van der Waals surface area contributed by atoms with Gasteiger partial charge in [-0.05, 0) is 18.8 Å². The van der Waals surface area contributed by atoms with Crippen LogP contribution in [0.1, 0.15) is 26.7 Å². The number of ether oxygens (including phenoxy) is 1. The number of rotatable bonds is 6. The van der Waals surface area contributed by atoms with Crippen molar-refractivity contribution in [2.75, 3.05) is 26.8 Å². The van der Waals surface area contributed by atoms with Gasteiger partial charge in [0.25, 0.3) is 0 Å². The quantitative estimate of drug-likeness (QED) is 0.393. The maximum atomic E-state index is 5.47. The molecule has 0 heterocycles. The Morgan fingerprint density at radius 3 is 2.73 bits per heavy atom. The van der Waals surface area contributed by atoms with Crippen molar-refractivity contribution in [2.45, 2.75) is 32.7 Å². The summed E-state index contributed by atoms with van der Waals surface area (Å²) < 4.78 is 5.47. The van der Waals surface area contributed by atoms with E-state index < -0.39 is 0 Å². The van der Waals surface area contributed by atoms with Crippen LogP contribution in [0.3, 0.4) is 0 Å². The number of aliphatic imine (C=N–C) groups is 1. The maximum absolute atomic E-state index is 5.47. The van der Waals surface area contributed by atoms with Crippen LogP contribution in [0.4, 0.5) is 0 Å². The number of hydrogen-bond acceptors (Lipinski definition) is 2. The fourth-order valence-corrected chi connectivity index (χ4v) is 1.18. The lowest BCUT2D eigenvalue weighted by Crippen LogP contribution is -2.40. The van der Waals surface area contributed by atoms with Gasteiger partial charge < -0.3 is 15.4 Å². The summed E-state index contributed by atoms with van der Waals surface area (Å²) in [5, 5.41) is 6.55. The molecule has 0 saturated heterocycles. The maximum Gasteiger partial charge on any atom is 0.191 e. The third-order valence-electron chi connectivity index (χ3n) is 2.13. The molecule has 0 atom stereocenters. The summed E-state index contributed by atoms with van der Waals surface area (Å²) >= 11 is 0. The molecule has 15 heavy (non-hydrogen) atoms.